The van der Waals surface area contributed by atoms with Gasteiger partial charge in [-0.3, -0.25) is 4.79 Å². The van der Waals surface area contributed by atoms with Crippen molar-refractivity contribution < 1.29 is 18.7 Å². The predicted octanol–water partition coefficient (Wildman–Crippen LogP) is 1.78. The first-order valence-corrected chi connectivity index (χ1v) is 8.59. The Morgan fingerprint density at radius 2 is 2.20 bits per heavy atom. The predicted molar refractivity (Wildman–Crippen MR) is 90.9 cm³/mol. The zero-order chi connectivity index (χ0) is 18.1. The number of amides is 3. The molecule has 2 saturated heterocycles. The maximum Gasteiger partial charge on any atom is 0.318 e. The summed E-state index contributed by atoms with van der Waals surface area (Å²) in [6, 6.07) is 4.32. The molecule has 25 heavy (non-hydrogen) atoms. The van der Waals surface area contributed by atoms with Crippen molar-refractivity contribution in [1.29, 1.82) is 0 Å². The molecule has 2 aliphatic rings. The number of carbonyl (C=O) groups is 2. The standard InChI is InChI=1S/C18H24FN3O3/c1-11(2)22-15-6-7-21(10-14(15)20-18(22)24)17(23)9-12-8-13(19)4-5-16(12)25-3/h4-5,8,11,14-15H,6-7,9-10H2,1-3H3,(H,20,24)/t14-,15+/m1/s1. The molecule has 136 valence electrons. The molecule has 2 aliphatic heterocycles. The van der Waals surface area contributed by atoms with Crippen molar-refractivity contribution in [3.8, 4) is 5.75 Å². The highest BCUT2D eigenvalue weighted by atomic mass is 19.1. The monoisotopic (exact) mass is 349 g/mol. The third-order valence-electron chi connectivity index (χ3n) is 4.97. The average molecular weight is 349 g/mol. The molecule has 6 nitrogen and oxygen atoms in total. The summed E-state index contributed by atoms with van der Waals surface area (Å²) in [6.45, 7) is 5.07. The van der Waals surface area contributed by atoms with Gasteiger partial charge in [-0.15, -0.1) is 0 Å². The summed E-state index contributed by atoms with van der Waals surface area (Å²) in [4.78, 5) is 28.4. The van der Waals surface area contributed by atoms with Crippen molar-refractivity contribution in [1.82, 2.24) is 15.1 Å². The fourth-order valence-electron chi connectivity index (χ4n) is 3.80. The van der Waals surface area contributed by atoms with Crippen LogP contribution in [0.4, 0.5) is 9.18 Å². The summed E-state index contributed by atoms with van der Waals surface area (Å²) in [6.07, 6.45) is 0.827. The largest absolute Gasteiger partial charge is 0.496 e. The molecule has 1 aromatic rings. The number of nitrogens with one attached hydrogen (secondary N) is 1. The van der Waals surface area contributed by atoms with E-state index in [4.69, 9.17) is 4.74 Å². The molecule has 0 aliphatic carbocycles. The average Bonchev–Trinajstić information content (AvgIpc) is 2.89. The van der Waals surface area contributed by atoms with Gasteiger partial charge in [0.2, 0.25) is 5.91 Å². The lowest BCUT2D eigenvalue weighted by atomic mass is 9.98. The Labute approximate surface area is 146 Å². The van der Waals surface area contributed by atoms with E-state index < -0.39 is 5.82 Å². The Bertz CT molecular complexity index is 680. The highest BCUT2D eigenvalue weighted by Crippen LogP contribution is 2.26. The molecule has 3 amide bonds. The molecular weight excluding hydrogens is 325 g/mol. The third-order valence-corrected chi connectivity index (χ3v) is 4.97. The molecule has 3 rings (SSSR count). The van der Waals surface area contributed by atoms with Crippen LogP contribution >= 0.6 is 0 Å². The van der Waals surface area contributed by atoms with Crippen molar-refractivity contribution >= 4 is 11.9 Å². The highest BCUT2D eigenvalue weighted by Gasteiger charge is 2.44. The maximum atomic E-state index is 13.5. The first-order valence-electron chi connectivity index (χ1n) is 8.59. The minimum absolute atomic E-state index is 0.0537. The molecule has 0 aromatic heterocycles. The van der Waals surface area contributed by atoms with Crippen molar-refractivity contribution in [3.05, 3.63) is 29.6 Å². The van der Waals surface area contributed by atoms with E-state index in [9.17, 15) is 14.0 Å². The summed E-state index contributed by atoms with van der Waals surface area (Å²) >= 11 is 0. The van der Waals surface area contributed by atoms with Gasteiger partial charge in [-0.2, -0.15) is 0 Å². The van der Waals surface area contributed by atoms with Gasteiger partial charge >= 0.3 is 6.03 Å². The number of nitrogens with zero attached hydrogens (tertiary/aromatic N) is 2. The normalized spacial score (nSPS) is 22.8. The summed E-state index contributed by atoms with van der Waals surface area (Å²) in [5.41, 5.74) is 0.536. The second-order valence-electron chi connectivity index (χ2n) is 6.89. The van der Waals surface area contributed by atoms with Gasteiger partial charge in [-0.1, -0.05) is 0 Å². The minimum atomic E-state index is -0.391. The topological polar surface area (TPSA) is 61.9 Å². The molecule has 7 heteroatoms. The third kappa shape index (κ3) is 3.41. The van der Waals surface area contributed by atoms with Crippen LogP contribution in [0.5, 0.6) is 5.75 Å². The van der Waals surface area contributed by atoms with E-state index in [1.54, 1.807) is 4.90 Å². The zero-order valence-corrected chi connectivity index (χ0v) is 14.8. The number of piperidine rings is 1. The van der Waals surface area contributed by atoms with Crippen molar-refractivity contribution in [2.75, 3.05) is 20.2 Å². The Balaban J connectivity index is 1.68. The Hall–Kier alpha value is -2.31. The molecule has 0 spiro atoms. The van der Waals surface area contributed by atoms with Crippen LogP contribution < -0.4 is 10.1 Å². The van der Waals surface area contributed by atoms with E-state index in [1.807, 2.05) is 18.7 Å². The second-order valence-corrected chi connectivity index (χ2v) is 6.89. The van der Waals surface area contributed by atoms with E-state index >= 15 is 0 Å². The minimum Gasteiger partial charge on any atom is -0.496 e. The number of carbonyl (C=O) groups excluding carboxylic acids is 2. The maximum absolute atomic E-state index is 13.5. The molecule has 0 unspecified atom stereocenters. The number of benzene rings is 1. The number of rotatable bonds is 4. The Morgan fingerprint density at radius 3 is 2.88 bits per heavy atom. The quantitative estimate of drug-likeness (QED) is 0.901. The number of hydrogen-bond donors (Lipinski definition) is 1. The van der Waals surface area contributed by atoms with E-state index in [1.165, 1.54) is 25.3 Å². The second kappa shape index (κ2) is 6.90. The van der Waals surface area contributed by atoms with E-state index in [2.05, 4.69) is 5.32 Å². The van der Waals surface area contributed by atoms with Gasteiger partial charge in [0.05, 0.1) is 25.6 Å². The number of fused-ring (bicyclic) bond motifs is 1. The summed E-state index contributed by atoms with van der Waals surface area (Å²) in [5.74, 6) is 0.0299. The van der Waals surface area contributed by atoms with E-state index in [-0.39, 0.29) is 36.5 Å². The van der Waals surface area contributed by atoms with E-state index in [0.717, 1.165) is 6.42 Å². The SMILES string of the molecule is COc1ccc(F)cc1CC(=O)N1CC[C@H]2[C@@H](C1)NC(=O)N2C(C)C. The number of urea groups is 1. The van der Waals surface area contributed by atoms with Gasteiger partial charge in [-0.05, 0) is 38.5 Å². The van der Waals surface area contributed by atoms with Gasteiger partial charge in [0.25, 0.3) is 0 Å². The summed E-state index contributed by atoms with van der Waals surface area (Å²) in [5, 5.41) is 2.98. The van der Waals surface area contributed by atoms with Crippen molar-refractivity contribution in [2.24, 2.45) is 0 Å². The van der Waals surface area contributed by atoms with Crippen LogP contribution in [0.3, 0.4) is 0 Å². The van der Waals surface area contributed by atoms with Crippen LogP contribution in [0.15, 0.2) is 18.2 Å². The number of halogens is 1. The molecule has 2 fully saturated rings. The fourth-order valence-corrected chi connectivity index (χ4v) is 3.80. The molecule has 0 saturated carbocycles. The van der Waals surface area contributed by atoms with Gasteiger partial charge < -0.3 is 19.9 Å². The lowest BCUT2D eigenvalue weighted by molar-refractivity contribution is -0.132. The van der Waals surface area contributed by atoms with Gasteiger partial charge in [0.1, 0.15) is 11.6 Å². The van der Waals surface area contributed by atoms with Crippen LogP contribution in [0.1, 0.15) is 25.8 Å². The van der Waals surface area contributed by atoms with Gasteiger partial charge in [0, 0.05) is 24.7 Å². The first-order chi connectivity index (χ1) is 11.9. The lowest BCUT2D eigenvalue weighted by Crippen LogP contribution is -2.54. The smallest absolute Gasteiger partial charge is 0.318 e. The molecule has 2 atom stereocenters. The highest BCUT2D eigenvalue weighted by molar-refractivity contribution is 5.81. The Morgan fingerprint density at radius 1 is 1.44 bits per heavy atom. The van der Waals surface area contributed by atoms with Crippen molar-refractivity contribution in [2.45, 2.75) is 44.8 Å². The molecule has 1 N–H and O–H groups in total. The van der Waals surface area contributed by atoms with Crippen LogP contribution in [-0.2, 0) is 11.2 Å². The fraction of sp³-hybridized carbons (Fsp3) is 0.556. The van der Waals surface area contributed by atoms with Gasteiger partial charge in [0.15, 0.2) is 0 Å². The van der Waals surface area contributed by atoms with Crippen LogP contribution in [-0.4, -0.2) is 60.1 Å². The van der Waals surface area contributed by atoms with Crippen LogP contribution in [0, 0.1) is 5.82 Å². The number of hydrogen-bond acceptors (Lipinski definition) is 3. The molecule has 0 radical (unpaired) electrons. The van der Waals surface area contributed by atoms with Gasteiger partial charge in [-0.25, -0.2) is 9.18 Å². The van der Waals surface area contributed by atoms with E-state index in [0.29, 0.717) is 24.4 Å². The lowest BCUT2D eigenvalue weighted by Gasteiger charge is -2.38. The number of ether oxygens (including phenoxy) is 1. The molecule has 0 bridgehead atoms. The first kappa shape index (κ1) is 17.5. The molecule has 2 heterocycles. The van der Waals surface area contributed by atoms with Crippen LogP contribution in [0.25, 0.3) is 0 Å². The Kier molecular flexibility index (Phi) is 4.83. The summed E-state index contributed by atoms with van der Waals surface area (Å²) in [7, 11) is 1.50. The summed E-state index contributed by atoms with van der Waals surface area (Å²) < 4.78 is 18.7. The molecular formula is C18H24FN3O3. The van der Waals surface area contributed by atoms with Crippen LogP contribution in [0.2, 0.25) is 0 Å². The zero-order valence-electron chi connectivity index (χ0n) is 14.8. The number of likely N-dealkylation sites (tertiary alicyclic amines) is 1. The number of methoxy groups -OCH3 is 1. The molecule has 1 aromatic carbocycles. The van der Waals surface area contributed by atoms with Crippen molar-refractivity contribution in [3.63, 3.8) is 0 Å².